The van der Waals surface area contributed by atoms with Crippen LogP contribution in [0.4, 0.5) is 0 Å². The summed E-state index contributed by atoms with van der Waals surface area (Å²) >= 11 is 0. The van der Waals surface area contributed by atoms with Gasteiger partial charge in [-0.15, -0.1) is 0 Å². The van der Waals surface area contributed by atoms with Crippen LogP contribution < -0.4 is 0 Å². The van der Waals surface area contributed by atoms with Crippen LogP contribution in [0.25, 0.3) is 23.2 Å². The topological polar surface area (TPSA) is 57.3 Å². The van der Waals surface area contributed by atoms with Gasteiger partial charge in [-0.25, -0.2) is 4.98 Å². The minimum atomic E-state index is -0.314. The highest BCUT2D eigenvalue weighted by Crippen LogP contribution is 2.18. The van der Waals surface area contributed by atoms with E-state index in [4.69, 9.17) is 9.15 Å². The van der Waals surface area contributed by atoms with Crippen molar-refractivity contribution in [2.24, 2.45) is 0 Å². The van der Waals surface area contributed by atoms with Gasteiger partial charge < -0.3 is 13.7 Å². The first-order valence-electron chi connectivity index (χ1n) is 6.51. The molecule has 0 amide bonds. The number of rotatable bonds is 4. The van der Waals surface area contributed by atoms with Crippen LogP contribution in [0.1, 0.15) is 11.6 Å². The maximum Gasteiger partial charge on any atom is 0.325 e. The van der Waals surface area contributed by atoms with Gasteiger partial charge in [-0.1, -0.05) is 12.1 Å². The summed E-state index contributed by atoms with van der Waals surface area (Å²) in [5.74, 6) is 1.09. The fourth-order valence-corrected chi connectivity index (χ4v) is 2.12. The SMILES string of the molecule is COC(=O)Cn1c(/C=C/c2ccco2)nc2ccccc21. The Hall–Kier alpha value is -2.82. The standard InChI is InChI=1S/C16H14N2O3/c1-20-16(19)11-18-14-7-3-2-6-13(14)17-15(18)9-8-12-5-4-10-21-12/h2-10H,11H2,1H3/b9-8+. The van der Waals surface area contributed by atoms with Crippen molar-refractivity contribution in [3.8, 4) is 0 Å². The molecule has 0 radical (unpaired) electrons. The molecule has 0 bridgehead atoms. The fourth-order valence-electron chi connectivity index (χ4n) is 2.12. The van der Waals surface area contributed by atoms with Gasteiger partial charge in [0, 0.05) is 0 Å². The molecule has 0 fully saturated rings. The summed E-state index contributed by atoms with van der Waals surface area (Å²) in [6.07, 6.45) is 5.24. The molecule has 0 atom stereocenters. The van der Waals surface area contributed by atoms with E-state index in [1.165, 1.54) is 7.11 Å². The van der Waals surface area contributed by atoms with Crippen molar-refractivity contribution in [1.29, 1.82) is 0 Å². The molecule has 0 aliphatic carbocycles. The summed E-state index contributed by atoms with van der Waals surface area (Å²) in [5.41, 5.74) is 1.72. The van der Waals surface area contributed by atoms with Crippen LogP contribution in [-0.4, -0.2) is 22.6 Å². The van der Waals surface area contributed by atoms with Gasteiger partial charge in [-0.05, 0) is 36.4 Å². The number of aromatic nitrogens is 2. The first-order chi connectivity index (χ1) is 10.3. The average molecular weight is 282 g/mol. The highest BCUT2D eigenvalue weighted by atomic mass is 16.5. The molecule has 0 saturated heterocycles. The van der Waals surface area contributed by atoms with Crippen LogP contribution in [0.2, 0.25) is 0 Å². The van der Waals surface area contributed by atoms with Gasteiger partial charge in [0.1, 0.15) is 18.1 Å². The van der Waals surface area contributed by atoms with Gasteiger partial charge in [0.25, 0.3) is 0 Å². The van der Waals surface area contributed by atoms with Gasteiger partial charge in [0.05, 0.1) is 24.4 Å². The predicted molar refractivity (Wildman–Crippen MR) is 79.4 cm³/mol. The van der Waals surface area contributed by atoms with Crippen molar-refractivity contribution in [3.05, 3.63) is 54.2 Å². The van der Waals surface area contributed by atoms with Gasteiger partial charge >= 0.3 is 5.97 Å². The number of methoxy groups -OCH3 is 1. The monoisotopic (exact) mass is 282 g/mol. The van der Waals surface area contributed by atoms with E-state index in [0.717, 1.165) is 16.8 Å². The highest BCUT2D eigenvalue weighted by molar-refractivity contribution is 5.81. The Bertz CT molecular complexity index is 785. The number of furan rings is 1. The van der Waals surface area contributed by atoms with Crippen LogP contribution in [-0.2, 0) is 16.1 Å². The lowest BCUT2D eigenvalue weighted by Crippen LogP contribution is -2.12. The smallest absolute Gasteiger partial charge is 0.325 e. The molecule has 2 aromatic heterocycles. The fraction of sp³-hybridized carbons (Fsp3) is 0.125. The molecular formula is C16H14N2O3. The Balaban J connectivity index is 2.03. The van der Waals surface area contributed by atoms with Crippen LogP contribution in [0, 0.1) is 0 Å². The first-order valence-corrected chi connectivity index (χ1v) is 6.51. The molecule has 0 aliphatic heterocycles. The normalized spacial score (nSPS) is 11.3. The van der Waals surface area contributed by atoms with E-state index >= 15 is 0 Å². The minimum Gasteiger partial charge on any atom is -0.468 e. The number of hydrogen-bond donors (Lipinski definition) is 0. The maximum absolute atomic E-state index is 11.6. The van der Waals surface area contributed by atoms with Gasteiger partial charge in [0.15, 0.2) is 0 Å². The molecule has 1 aromatic carbocycles. The Morgan fingerprint density at radius 3 is 2.90 bits per heavy atom. The quantitative estimate of drug-likeness (QED) is 0.690. The molecule has 106 valence electrons. The van der Waals surface area contributed by atoms with E-state index in [9.17, 15) is 4.79 Å². The van der Waals surface area contributed by atoms with Crippen LogP contribution in [0.3, 0.4) is 0 Å². The largest absolute Gasteiger partial charge is 0.468 e. The van der Waals surface area contributed by atoms with Crippen molar-refractivity contribution in [1.82, 2.24) is 9.55 Å². The predicted octanol–water partition coefficient (Wildman–Crippen LogP) is 2.97. The zero-order chi connectivity index (χ0) is 14.7. The second-order valence-electron chi connectivity index (χ2n) is 4.47. The van der Waals surface area contributed by atoms with E-state index in [2.05, 4.69) is 4.98 Å². The van der Waals surface area contributed by atoms with Crippen LogP contribution in [0.5, 0.6) is 0 Å². The first kappa shape index (κ1) is 13.2. The molecule has 0 spiro atoms. The molecule has 3 rings (SSSR count). The second-order valence-corrected chi connectivity index (χ2v) is 4.47. The van der Waals surface area contributed by atoms with Crippen molar-refractivity contribution >= 4 is 29.2 Å². The molecule has 3 aromatic rings. The number of esters is 1. The van der Waals surface area contributed by atoms with Gasteiger partial charge in [-0.2, -0.15) is 0 Å². The summed E-state index contributed by atoms with van der Waals surface area (Å²) in [7, 11) is 1.37. The van der Waals surface area contributed by atoms with Crippen molar-refractivity contribution < 1.29 is 13.9 Å². The summed E-state index contributed by atoms with van der Waals surface area (Å²) in [6, 6.07) is 11.3. The molecule has 5 nitrogen and oxygen atoms in total. The number of fused-ring (bicyclic) bond motifs is 1. The number of imidazole rings is 1. The Morgan fingerprint density at radius 1 is 1.29 bits per heavy atom. The molecule has 0 unspecified atom stereocenters. The Kier molecular flexibility index (Phi) is 3.55. The zero-order valence-corrected chi connectivity index (χ0v) is 11.5. The molecular weight excluding hydrogens is 268 g/mol. The zero-order valence-electron chi connectivity index (χ0n) is 11.5. The number of ether oxygens (including phenoxy) is 1. The van der Waals surface area contributed by atoms with Gasteiger partial charge in [-0.3, -0.25) is 4.79 Å². The number of hydrogen-bond acceptors (Lipinski definition) is 4. The van der Waals surface area contributed by atoms with E-state index in [1.807, 2.05) is 53.1 Å². The summed E-state index contributed by atoms with van der Waals surface area (Å²) in [5, 5.41) is 0. The van der Waals surface area contributed by atoms with Crippen LogP contribution in [0.15, 0.2) is 47.1 Å². The Morgan fingerprint density at radius 2 is 2.14 bits per heavy atom. The summed E-state index contributed by atoms with van der Waals surface area (Å²) in [4.78, 5) is 16.1. The third-order valence-corrected chi connectivity index (χ3v) is 3.14. The van der Waals surface area contributed by atoms with E-state index in [1.54, 1.807) is 6.26 Å². The molecule has 2 heterocycles. The van der Waals surface area contributed by atoms with E-state index < -0.39 is 0 Å². The third-order valence-electron chi connectivity index (χ3n) is 3.14. The number of benzene rings is 1. The Labute approximate surface area is 121 Å². The molecule has 5 heteroatoms. The average Bonchev–Trinajstić information content (AvgIpc) is 3.13. The summed E-state index contributed by atoms with van der Waals surface area (Å²) < 4.78 is 11.8. The number of carbonyl (C=O) groups is 1. The van der Waals surface area contributed by atoms with Crippen molar-refractivity contribution in [3.63, 3.8) is 0 Å². The van der Waals surface area contributed by atoms with Crippen molar-refractivity contribution in [2.45, 2.75) is 6.54 Å². The minimum absolute atomic E-state index is 0.120. The lowest BCUT2D eigenvalue weighted by atomic mass is 10.3. The molecule has 0 aliphatic rings. The maximum atomic E-state index is 11.6. The highest BCUT2D eigenvalue weighted by Gasteiger charge is 2.11. The van der Waals surface area contributed by atoms with Crippen LogP contribution >= 0.6 is 0 Å². The second kappa shape index (κ2) is 5.66. The lowest BCUT2D eigenvalue weighted by molar-refractivity contribution is -0.141. The van der Waals surface area contributed by atoms with Gasteiger partial charge in [0.2, 0.25) is 0 Å². The lowest BCUT2D eigenvalue weighted by Gasteiger charge is -2.05. The number of carbonyl (C=O) groups excluding carboxylic acids is 1. The number of nitrogens with zero attached hydrogens (tertiary/aromatic N) is 2. The van der Waals surface area contributed by atoms with E-state index in [-0.39, 0.29) is 12.5 Å². The van der Waals surface area contributed by atoms with Crippen molar-refractivity contribution in [2.75, 3.05) is 7.11 Å². The molecule has 0 N–H and O–H groups in total. The number of para-hydroxylation sites is 2. The van der Waals surface area contributed by atoms with E-state index in [0.29, 0.717) is 5.82 Å². The molecule has 21 heavy (non-hydrogen) atoms. The third kappa shape index (κ3) is 2.72. The summed E-state index contributed by atoms with van der Waals surface area (Å²) in [6.45, 7) is 0.120. The molecule has 0 saturated carbocycles.